The SMILES string of the molecule is Cc1ccccc1CN1CCN(CC(=O)N(C)c2ccccc2)CC1. The normalized spacial score (nSPS) is 15.9. The topological polar surface area (TPSA) is 26.8 Å². The third-order valence-corrected chi connectivity index (χ3v) is 5.00. The molecule has 0 spiro atoms. The number of likely N-dealkylation sites (N-methyl/N-ethyl adjacent to an activating group) is 1. The molecule has 132 valence electrons. The Hall–Kier alpha value is -2.17. The van der Waals surface area contributed by atoms with Gasteiger partial charge in [0, 0.05) is 45.5 Å². The van der Waals surface area contributed by atoms with Crippen LogP contribution in [-0.4, -0.2) is 55.5 Å². The number of benzene rings is 2. The summed E-state index contributed by atoms with van der Waals surface area (Å²) in [5, 5.41) is 0. The van der Waals surface area contributed by atoms with E-state index in [9.17, 15) is 4.79 Å². The molecule has 1 amide bonds. The average molecular weight is 337 g/mol. The number of nitrogens with zero attached hydrogens (tertiary/aromatic N) is 3. The second-order valence-corrected chi connectivity index (χ2v) is 6.77. The van der Waals surface area contributed by atoms with Crippen molar-refractivity contribution in [2.24, 2.45) is 0 Å². The van der Waals surface area contributed by atoms with Crippen molar-refractivity contribution in [2.75, 3.05) is 44.7 Å². The zero-order valence-corrected chi connectivity index (χ0v) is 15.2. The summed E-state index contributed by atoms with van der Waals surface area (Å²) in [6.45, 7) is 7.57. The lowest BCUT2D eigenvalue weighted by atomic mass is 10.1. The largest absolute Gasteiger partial charge is 0.314 e. The van der Waals surface area contributed by atoms with Crippen LogP contribution >= 0.6 is 0 Å². The lowest BCUT2D eigenvalue weighted by Crippen LogP contribution is -2.49. The average Bonchev–Trinajstić information content (AvgIpc) is 2.65. The van der Waals surface area contributed by atoms with E-state index in [2.05, 4.69) is 41.0 Å². The maximum absolute atomic E-state index is 12.5. The Morgan fingerprint density at radius 1 is 0.920 bits per heavy atom. The van der Waals surface area contributed by atoms with Gasteiger partial charge in [0.25, 0.3) is 0 Å². The first-order chi connectivity index (χ1) is 12.1. The van der Waals surface area contributed by atoms with Crippen LogP contribution in [-0.2, 0) is 11.3 Å². The molecule has 0 atom stereocenters. The highest BCUT2D eigenvalue weighted by Gasteiger charge is 2.21. The number of carbonyl (C=O) groups excluding carboxylic acids is 1. The maximum atomic E-state index is 12.5. The van der Waals surface area contributed by atoms with Gasteiger partial charge in [0.15, 0.2) is 0 Å². The van der Waals surface area contributed by atoms with E-state index in [0.717, 1.165) is 38.4 Å². The summed E-state index contributed by atoms with van der Waals surface area (Å²) in [6, 6.07) is 18.4. The van der Waals surface area contributed by atoms with Gasteiger partial charge < -0.3 is 4.90 Å². The van der Waals surface area contributed by atoms with Gasteiger partial charge in [-0.25, -0.2) is 0 Å². The summed E-state index contributed by atoms with van der Waals surface area (Å²) in [4.78, 5) is 19.0. The van der Waals surface area contributed by atoms with Crippen molar-refractivity contribution in [3.63, 3.8) is 0 Å². The zero-order valence-electron chi connectivity index (χ0n) is 15.2. The number of carbonyl (C=O) groups is 1. The summed E-state index contributed by atoms with van der Waals surface area (Å²) >= 11 is 0. The smallest absolute Gasteiger partial charge is 0.240 e. The number of hydrogen-bond acceptors (Lipinski definition) is 3. The van der Waals surface area contributed by atoms with E-state index < -0.39 is 0 Å². The second kappa shape index (κ2) is 8.28. The predicted octanol–water partition coefficient (Wildman–Crippen LogP) is 2.78. The van der Waals surface area contributed by atoms with Crippen LogP contribution in [0.4, 0.5) is 5.69 Å². The fourth-order valence-electron chi connectivity index (χ4n) is 3.23. The molecule has 3 rings (SSSR count). The van der Waals surface area contributed by atoms with Crippen molar-refractivity contribution in [2.45, 2.75) is 13.5 Å². The minimum Gasteiger partial charge on any atom is -0.314 e. The molecule has 0 saturated carbocycles. The van der Waals surface area contributed by atoms with Gasteiger partial charge in [0.1, 0.15) is 0 Å². The Morgan fingerprint density at radius 3 is 2.20 bits per heavy atom. The quantitative estimate of drug-likeness (QED) is 0.839. The van der Waals surface area contributed by atoms with Crippen LogP contribution in [0.1, 0.15) is 11.1 Å². The van der Waals surface area contributed by atoms with Crippen LogP contribution in [0.15, 0.2) is 54.6 Å². The number of piperazine rings is 1. The lowest BCUT2D eigenvalue weighted by molar-refractivity contribution is -0.119. The van der Waals surface area contributed by atoms with E-state index in [4.69, 9.17) is 0 Å². The fraction of sp³-hybridized carbons (Fsp3) is 0.381. The summed E-state index contributed by atoms with van der Waals surface area (Å²) < 4.78 is 0. The second-order valence-electron chi connectivity index (χ2n) is 6.77. The molecule has 1 saturated heterocycles. The van der Waals surface area contributed by atoms with Gasteiger partial charge in [-0.3, -0.25) is 14.6 Å². The third-order valence-electron chi connectivity index (χ3n) is 5.00. The minimum atomic E-state index is 0.151. The van der Waals surface area contributed by atoms with E-state index in [0.29, 0.717) is 6.54 Å². The molecular weight excluding hydrogens is 310 g/mol. The predicted molar refractivity (Wildman–Crippen MR) is 103 cm³/mol. The van der Waals surface area contributed by atoms with Gasteiger partial charge in [-0.05, 0) is 30.2 Å². The van der Waals surface area contributed by atoms with E-state index in [1.165, 1.54) is 11.1 Å². The number of hydrogen-bond donors (Lipinski definition) is 0. The molecule has 1 aliphatic heterocycles. The zero-order chi connectivity index (χ0) is 17.6. The van der Waals surface area contributed by atoms with Crippen molar-refractivity contribution < 1.29 is 4.79 Å². The van der Waals surface area contributed by atoms with Crippen LogP contribution in [0.5, 0.6) is 0 Å². The molecule has 4 heteroatoms. The minimum absolute atomic E-state index is 0.151. The highest BCUT2D eigenvalue weighted by atomic mass is 16.2. The highest BCUT2D eigenvalue weighted by molar-refractivity contribution is 5.94. The Morgan fingerprint density at radius 2 is 1.52 bits per heavy atom. The highest BCUT2D eigenvalue weighted by Crippen LogP contribution is 2.14. The number of amides is 1. The van der Waals surface area contributed by atoms with Crippen LogP contribution in [0, 0.1) is 6.92 Å². The summed E-state index contributed by atoms with van der Waals surface area (Å²) in [5.41, 5.74) is 3.70. The first-order valence-corrected chi connectivity index (χ1v) is 8.94. The molecule has 25 heavy (non-hydrogen) atoms. The number of rotatable bonds is 5. The standard InChI is InChI=1S/C21H27N3O/c1-18-8-6-7-9-19(18)16-23-12-14-24(15-13-23)17-21(25)22(2)20-10-4-3-5-11-20/h3-11H,12-17H2,1-2H3. The van der Waals surface area contributed by atoms with Crippen molar-refractivity contribution in [3.05, 3.63) is 65.7 Å². The van der Waals surface area contributed by atoms with E-state index >= 15 is 0 Å². The number of aryl methyl sites for hydroxylation is 1. The molecule has 1 aliphatic rings. The molecule has 0 aliphatic carbocycles. The number of anilines is 1. The molecule has 1 heterocycles. The number of para-hydroxylation sites is 1. The molecule has 0 unspecified atom stereocenters. The molecule has 0 N–H and O–H groups in total. The fourth-order valence-corrected chi connectivity index (χ4v) is 3.23. The molecule has 0 radical (unpaired) electrons. The molecule has 2 aromatic carbocycles. The van der Waals surface area contributed by atoms with Gasteiger partial charge in [-0.2, -0.15) is 0 Å². The summed E-state index contributed by atoms with van der Waals surface area (Å²) in [5.74, 6) is 0.151. The van der Waals surface area contributed by atoms with Crippen molar-refractivity contribution in [3.8, 4) is 0 Å². The van der Waals surface area contributed by atoms with Crippen LogP contribution in [0.3, 0.4) is 0 Å². The first-order valence-electron chi connectivity index (χ1n) is 8.94. The van der Waals surface area contributed by atoms with Crippen LogP contribution in [0.25, 0.3) is 0 Å². The van der Waals surface area contributed by atoms with Gasteiger partial charge in [-0.15, -0.1) is 0 Å². The Kier molecular flexibility index (Phi) is 5.84. The Balaban J connectivity index is 1.48. The Labute approximate surface area is 150 Å². The monoisotopic (exact) mass is 337 g/mol. The van der Waals surface area contributed by atoms with Crippen LogP contribution in [0.2, 0.25) is 0 Å². The van der Waals surface area contributed by atoms with Gasteiger partial charge in [-0.1, -0.05) is 42.5 Å². The van der Waals surface area contributed by atoms with Crippen LogP contribution < -0.4 is 4.90 Å². The van der Waals surface area contributed by atoms with Gasteiger partial charge >= 0.3 is 0 Å². The van der Waals surface area contributed by atoms with E-state index in [-0.39, 0.29) is 5.91 Å². The van der Waals surface area contributed by atoms with E-state index in [1.807, 2.05) is 37.4 Å². The van der Waals surface area contributed by atoms with Gasteiger partial charge in [0.2, 0.25) is 5.91 Å². The van der Waals surface area contributed by atoms with Crippen molar-refractivity contribution in [1.82, 2.24) is 9.80 Å². The third kappa shape index (κ3) is 4.68. The van der Waals surface area contributed by atoms with E-state index in [1.54, 1.807) is 4.90 Å². The summed E-state index contributed by atoms with van der Waals surface area (Å²) in [7, 11) is 1.85. The Bertz CT molecular complexity index is 693. The van der Waals surface area contributed by atoms with Gasteiger partial charge in [0.05, 0.1) is 6.54 Å². The molecule has 0 bridgehead atoms. The lowest BCUT2D eigenvalue weighted by Gasteiger charge is -2.35. The van der Waals surface area contributed by atoms with Crippen molar-refractivity contribution in [1.29, 1.82) is 0 Å². The molecule has 2 aromatic rings. The van der Waals surface area contributed by atoms with Crippen molar-refractivity contribution >= 4 is 11.6 Å². The molecule has 1 fully saturated rings. The first kappa shape index (κ1) is 17.6. The molecule has 0 aromatic heterocycles. The molecular formula is C21H27N3O. The molecule has 4 nitrogen and oxygen atoms in total. The maximum Gasteiger partial charge on any atom is 0.240 e. The summed E-state index contributed by atoms with van der Waals surface area (Å²) in [6.07, 6.45) is 0.